The average Bonchev–Trinajstić information content (AvgIpc) is 2.23. The molecule has 1 aliphatic heterocycles. The molecule has 0 aliphatic carbocycles. The molecule has 1 saturated heterocycles. The Morgan fingerprint density at radius 3 is 2.57 bits per heavy atom. The summed E-state index contributed by atoms with van der Waals surface area (Å²) in [5.74, 6) is 6.38. The quantitative estimate of drug-likeness (QED) is 0.658. The first kappa shape index (κ1) is 9.36. The van der Waals surface area contributed by atoms with E-state index in [1.807, 2.05) is 11.1 Å². The zero-order valence-corrected chi connectivity index (χ0v) is 8.06. The minimum atomic E-state index is 0.456. The van der Waals surface area contributed by atoms with E-state index in [2.05, 4.69) is 15.3 Å². The Morgan fingerprint density at radius 2 is 1.93 bits per heavy atom. The van der Waals surface area contributed by atoms with E-state index in [1.54, 1.807) is 12.4 Å². The number of nitrogens with two attached hydrogens (primary N) is 1. The Kier molecular flexibility index (Phi) is 2.90. The summed E-state index contributed by atoms with van der Waals surface area (Å²) in [5.41, 5.74) is 0. The lowest BCUT2D eigenvalue weighted by Gasteiger charge is -2.28. The zero-order valence-electron chi connectivity index (χ0n) is 8.06. The molecule has 0 amide bonds. The van der Waals surface area contributed by atoms with Gasteiger partial charge in [-0.1, -0.05) is 0 Å². The maximum Gasteiger partial charge on any atom is 0.222 e. The van der Waals surface area contributed by atoms with Gasteiger partial charge in [0.1, 0.15) is 0 Å². The van der Waals surface area contributed by atoms with Crippen LogP contribution in [-0.2, 0) is 0 Å². The van der Waals surface area contributed by atoms with Gasteiger partial charge in [0.2, 0.25) is 5.95 Å². The number of hydrogen-bond acceptors (Lipinski definition) is 5. The minimum absolute atomic E-state index is 0.456. The first-order valence-corrected chi connectivity index (χ1v) is 4.88. The number of hydrazine groups is 1. The highest BCUT2D eigenvalue weighted by Crippen LogP contribution is 2.10. The monoisotopic (exact) mass is 193 g/mol. The molecule has 5 heteroatoms. The van der Waals surface area contributed by atoms with Gasteiger partial charge in [0.15, 0.2) is 0 Å². The highest BCUT2D eigenvalue weighted by molar-refractivity contribution is 5.24. The average molecular weight is 193 g/mol. The molecule has 0 spiro atoms. The Bertz CT molecular complexity index is 268. The van der Waals surface area contributed by atoms with Gasteiger partial charge in [-0.3, -0.25) is 5.84 Å². The topological polar surface area (TPSA) is 67.1 Å². The largest absolute Gasteiger partial charge is 0.351 e. The predicted octanol–water partition coefficient (Wildman–Crippen LogP) is 0.227. The van der Waals surface area contributed by atoms with E-state index >= 15 is 0 Å². The van der Waals surface area contributed by atoms with Crippen LogP contribution in [0.15, 0.2) is 18.5 Å². The third kappa shape index (κ3) is 2.40. The van der Waals surface area contributed by atoms with Crippen LogP contribution in [0.4, 0.5) is 5.95 Å². The fourth-order valence-electron chi connectivity index (χ4n) is 1.60. The second-order valence-electron chi connectivity index (χ2n) is 3.53. The second kappa shape index (κ2) is 4.34. The molecule has 3 N–H and O–H groups in total. The summed E-state index contributed by atoms with van der Waals surface area (Å²) < 4.78 is 0. The molecular weight excluding hydrogens is 178 g/mol. The molecule has 2 rings (SSSR count). The molecule has 0 unspecified atom stereocenters. The van der Waals surface area contributed by atoms with Crippen molar-refractivity contribution in [2.75, 3.05) is 18.4 Å². The maximum absolute atomic E-state index is 5.66. The van der Waals surface area contributed by atoms with Gasteiger partial charge >= 0.3 is 0 Å². The predicted molar refractivity (Wildman–Crippen MR) is 54.4 cm³/mol. The number of nitrogens with one attached hydrogen (secondary N) is 1. The summed E-state index contributed by atoms with van der Waals surface area (Å²) in [6.07, 6.45) is 5.59. The molecule has 0 saturated carbocycles. The first-order valence-electron chi connectivity index (χ1n) is 4.88. The van der Waals surface area contributed by atoms with E-state index in [0.717, 1.165) is 25.9 Å². The Balaban J connectivity index is 1.87. The summed E-state index contributed by atoms with van der Waals surface area (Å²) in [5, 5.41) is 5.15. The van der Waals surface area contributed by atoms with Crippen molar-refractivity contribution < 1.29 is 0 Å². The van der Waals surface area contributed by atoms with Crippen LogP contribution >= 0.6 is 0 Å². The molecule has 1 fully saturated rings. The molecular formula is C9H15N5. The number of hydrogen-bond donors (Lipinski definition) is 2. The molecule has 1 aromatic rings. The smallest absolute Gasteiger partial charge is 0.222 e. The summed E-state index contributed by atoms with van der Waals surface area (Å²) in [6, 6.07) is 2.27. The molecule has 0 atom stereocenters. The summed E-state index contributed by atoms with van der Waals surface area (Å²) in [4.78, 5) is 8.25. The number of aromatic nitrogens is 2. The highest BCUT2D eigenvalue weighted by Gasteiger charge is 2.16. The van der Waals surface area contributed by atoms with Crippen molar-refractivity contribution >= 4 is 5.95 Å². The zero-order chi connectivity index (χ0) is 9.80. The van der Waals surface area contributed by atoms with Crippen molar-refractivity contribution in [2.24, 2.45) is 5.84 Å². The molecule has 5 nitrogen and oxygen atoms in total. The van der Waals surface area contributed by atoms with Crippen molar-refractivity contribution in [3.63, 3.8) is 0 Å². The van der Waals surface area contributed by atoms with Crippen LogP contribution < -0.4 is 11.2 Å². The van der Waals surface area contributed by atoms with Gasteiger partial charge < -0.3 is 5.32 Å². The number of nitrogens with zero attached hydrogens (tertiary/aromatic N) is 3. The van der Waals surface area contributed by atoms with E-state index in [0.29, 0.717) is 12.0 Å². The van der Waals surface area contributed by atoms with Crippen molar-refractivity contribution in [1.29, 1.82) is 0 Å². The summed E-state index contributed by atoms with van der Waals surface area (Å²) >= 11 is 0. The molecule has 14 heavy (non-hydrogen) atoms. The number of anilines is 1. The van der Waals surface area contributed by atoms with E-state index < -0.39 is 0 Å². The van der Waals surface area contributed by atoms with E-state index in [4.69, 9.17) is 5.84 Å². The summed E-state index contributed by atoms with van der Waals surface area (Å²) in [6.45, 7) is 1.87. The Hall–Kier alpha value is -1.20. The SMILES string of the molecule is NN1CCC(Nc2ncccn2)CC1. The van der Waals surface area contributed by atoms with Crippen molar-refractivity contribution in [1.82, 2.24) is 15.0 Å². The second-order valence-corrected chi connectivity index (χ2v) is 3.53. The lowest BCUT2D eigenvalue weighted by atomic mass is 10.1. The molecule has 0 aromatic carbocycles. The Morgan fingerprint density at radius 1 is 1.29 bits per heavy atom. The molecule has 76 valence electrons. The molecule has 1 aromatic heterocycles. The van der Waals surface area contributed by atoms with E-state index in [9.17, 15) is 0 Å². The molecule has 1 aliphatic rings. The highest BCUT2D eigenvalue weighted by atomic mass is 15.4. The molecule has 0 bridgehead atoms. The standard InChI is InChI=1S/C9H15N5/c10-14-6-2-8(3-7-14)13-9-11-4-1-5-12-9/h1,4-5,8H,2-3,6-7,10H2,(H,11,12,13). The van der Waals surface area contributed by atoms with Crippen molar-refractivity contribution in [2.45, 2.75) is 18.9 Å². The molecule has 0 radical (unpaired) electrons. The third-order valence-electron chi connectivity index (χ3n) is 2.43. The number of piperidine rings is 1. The van der Waals surface area contributed by atoms with Gasteiger partial charge in [-0.05, 0) is 18.9 Å². The van der Waals surface area contributed by atoms with Gasteiger partial charge in [0, 0.05) is 31.5 Å². The van der Waals surface area contributed by atoms with E-state index in [1.165, 1.54) is 0 Å². The van der Waals surface area contributed by atoms with Crippen LogP contribution in [0, 0.1) is 0 Å². The lowest BCUT2D eigenvalue weighted by Crippen LogP contribution is -2.43. The molecule has 2 heterocycles. The van der Waals surface area contributed by atoms with E-state index in [-0.39, 0.29) is 0 Å². The van der Waals surface area contributed by atoms with Crippen LogP contribution in [0.5, 0.6) is 0 Å². The van der Waals surface area contributed by atoms with Crippen LogP contribution in [0.3, 0.4) is 0 Å². The van der Waals surface area contributed by atoms with Crippen molar-refractivity contribution in [3.05, 3.63) is 18.5 Å². The van der Waals surface area contributed by atoms with Gasteiger partial charge in [0.05, 0.1) is 0 Å². The van der Waals surface area contributed by atoms with Gasteiger partial charge in [-0.2, -0.15) is 0 Å². The Labute approximate surface area is 83.3 Å². The van der Waals surface area contributed by atoms with Crippen LogP contribution in [0.25, 0.3) is 0 Å². The van der Waals surface area contributed by atoms with Crippen LogP contribution in [0.1, 0.15) is 12.8 Å². The maximum atomic E-state index is 5.66. The van der Waals surface area contributed by atoms with Crippen LogP contribution in [0.2, 0.25) is 0 Å². The minimum Gasteiger partial charge on any atom is -0.351 e. The van der Waals surface area contributed by atoms with Crippen LogP contribution in [-0.4, -0.2) is 34.1 Å². The summed E-state index contributed by atoms with van der Waals surface area (Å²) in [7, 11) is 0. The van der Waals surface area contributed by atoms with Gasteiger partial charge in [-0.15, -0.1) is 0 Å². The number of rotatable bonds is 2. The normalized spacial score (nSPS) is 19.5. The fraction of sp³-hybridized carbons (Fsp3) is 0.556. The lowest BCUT2D eigenvalue weighted by molar-refractivity contribution is 0.224. The van der Waals surface area contributed by atoms with Gasteiger partial charge in [-0.25, -0.2) is 15.0 Å². The van der Waals surface area contributed by atoms with Crippen molar-refractivity contribution in [3.8, 4) is 0 Å². The fourth-order valence-corrected chi connectivity index (χ4v) is 1.60. The van der Waals surface area contributed by atoms with Gasteiger partial charge in [0.25, 0.3) is 0 Å². The first-order chi connectivity index (χ1) is 6.84. The third-order valence-corrected chi connectivity index (χ3v) is 2.43.